The molecule has 0 saturated heterocycles. The van der Waals surface area contributed by atoms with E-state index in [4.69, 9.17) is 0 Å². The molecule has 0 heteroatoms. The van der Waals surface area contributed by atoms with Crippen molar-refractivity contribution in [2.75, 3.05) is 0 Å². The Hall–Kier alpha value is 0. The lowest BCUT2D eigenvalue weighted by molar-refractivity contribution is 0.206. The van der Waals surface area contributed by atoms with Crippen molar-refractivity contribution in [3.05, 3.63) is 0 Å². The number of rotatable bonds is 2. The van der Waals surface area contributed by atoms with Crippen molar-refractivity contribution in [2.24, 2.45) is 17.8 Å². The van der Waals surface area contributed by atoms with Gasteiger partial charge in [0.25, 0.3) is 0 Å². The average Bonchev–Trinajstić information content (AvgIpc) is 1.98. The van der Waals surface area contributed by atoms with E-state index in [1.54, 1.807) is 0 Å². The van der Waals surface area contributed by atoms with Gasteiger partial charge in [0.2, 0.25) is 0 Å². The standard InChI is InChI=1S/C7H14.C6H12/c1-3-7-4-6(2)5-7;1-2-6-4-3-5-6/h6-7H,3-5H2,1-2H3;6H,2-5H2,1H3. The molecule has 0 aromatic heterocycles. The Morgan fingerprint density at radius 1 is 0.923 bits per heavy atom. The summed E-state index contributed by atoms with van der Waals surface area (Å²) in [6.45, 7) is 6.91. The quantitative estimate of drug-likeness (QED) is 0.583. The molecule has 0 aliphatic heterocycles. The van der Waals surface area contributed by atoms with Gasteiger partial charge in [0.05, 0.1) is 0 Å². The van der Waals surface area contributed by atoms with Crippen LogP contribution in [0.25, 0.3) is 0 Å². The van der Waals surface area contributed by atoms with Crippen LogP contribution < -0.4 is 0 Å². The first-order chi connectivity index (χ1) is 6.26. The molecule has 2 rings (SSSR count). The van der Waals surface area contributed by atoms with E-state index >= 15 is 0 Å². The van der Waals surface area contributed by atoms with Gasteiger partial charge in [0.1, 0.15) is 0 Å². The van der Waals surface area contributed by atoms with Crippen molar-refractivity contribution in [3.63, 3.8) is 0 Å². The second kappa shape index (κ2) is 5.67. The Bertz CT molecular complexity index is 115. The summed E-state index contributed by atoms with van der Waals surface area (Å²) in [5.74, 6) is 3.25. The first-order valence-electron chi connectivity index (χ1n) is 6.26. The maximum atomic E-state index is 2.34. The molecule has 13 heavy (non-hydrogen) atoms. The van der Waals surface area contributed by atoms with Crippen LogP contribution in [-0.4, -0.2) is 0 Å². The highest BCUT2D eigenvalue weighted by Gasteiger charge is 2.22. The van der Waals surface area contributed by atoms with Gasteiger partial charge in [0, 0.05) is 0 Å². The van der Waals surface area contributed by atoms with E-state index in [1.807, 2.05) is 0 Å². The largest absolute Gasteiger partial charge is 0.0651 e. The first kappa shape index (κ1) is 11.1. The Kier molecular flexibility index (Phi) is 4.83. The fraction of sp³-hybridized carbons (Fsp3) is 1.00. The summed E-state index contributed by atoms with van der Waals surface area (Å²) in [7, 11) is 0. The monoisotopic (exact) mass is 182 g/mol. The molecule has 0 N–H and O–H groups in total. The fourth-order valence-electron chi connectivity index (χ4n) is 2.30. The van der Waals surface area contributed by atoms with E-state index in [-0.39, 0.29) is 0 Å². The summed E-state index contributed by atoms with van der Waals surface area (Å²) in [6.07, 6.45) is 10.3. The van der Waals surface area contributed by atoms with Crippen molar-refractivity contribution in [1.82, 2.24) is 0 Å². The lowest BCUT2D eigenvalue weighted by Crippen LogP contribution is -2.19. The van der Waals surface area contributed by atoms with E-state index < -0.39 is 0 Å². The zero-order chi connectivity index (χ0) is 9.68. The van der Waals surface area contributed by atoms with Crippen molar-refractivity contribution >= 4 is 0 Å². The van der Waals surface area contributed by atoms with Gasteiger partial charge in [-0.15, -0.1) is 0 Å². The topological polar surface area (TPSA) is 0 Å². The van der Waals surface area contributed by atoms with Crippen LogP contribution >= 0.6 is 0 Å². The summed E-state index contributed by atoms with van der Waals surface area (Å²) in [5, 5.41) is 0. The number of hydrogen-bond acceptors (Lipinski definition) is 0. The van der Waals surface area contributed by atoms with Gasteiger partial charge in [-0.25, -0.2) is 0 Å². The second-order valence-corrected chi connectivity index (χ2v) is 5.06. The third-order valence-corrected chi connectivity index (χ3v) is 3.85. The predicted octanol–water partition coefficient (Wildman–Crippen LogP) is 4.64. The van der Waals surface area contributed by atoms with Crippen molar-refractivity contribution in [1.29, 1.82) is 0 Å². The highest BCUT2D eigenvalue weighted by atomic mass is 14.3. The molecule has 2 aliphatic carbocycles. The SMILES string of the molecule is CCC1CC(C)C1.CCC1CCC1. The lowest BCUT2D eigenvalue weighted by atomic mass is 9.75. The summed E-state index contributed by atoms with van der Waals surface area (Å²) in [5.41, 5.74) is 0. The minimum Gasteiger partial charge on any atom is -0.0651 e. The molecule has 78 valence electrons. The zero-order valence-corrected chi connectivity index (χ0v) is 9.68. The van der Waals surface area contributed by atoms with Crippen LogP contribution in [0.3, 0.4) is 0 Å². The van der Waals surface area contributed by atoms with Crippen molar-refractivity contribution < 1.29 is 0 Å². The smallest absolute Gasteiger partial charge is 0.0412 e. The Morgan fingerprint density at radius 3 is 1.54 bits per heavy atom. The van der Waals surface area contributed by atoms with Crippen LogP contribution in [0.2, 0.25) is 0 Å². The molecule has 0 heterocycles. The van der Waals surface area contributed by atoms with Crippen LogP contribution in [0.15, 0.2) is 0 Å². The lowest BCUT2D eigenvalue weighted by Gasteiger charge is -2.31. The first-order valence-corrected chi connectivity index (χ1v) is 6.26. The molecule has 0 nitrogen and oxygen atoms in total. The Morgan fingerprint density at radius 2 is 1.46 bits per heavy atom. The van der Waals surface area contributed by atoms with E-state index in [9.17, 15) is 0 Å². The summed E-state index contributed by atoms with van der Waals surface area (Å²) in [4.78, 5) is 0. The third kappa shape index (κ3) is 3.70. The molecular formula is C13H26. The normalized spacial score (nSPS) is 32.5. The van der Waals surface area contributed by atoms with Crippen LogP contribution in [0, 0.1) is 17.8 Å². The third-order valence-electron chi connectivity index (χ3n) is 3.85. The highest BCUT2D eigenvalue weighted by molar-refractivity contribution is 4.74. The van der Waals surface area contributed by atoms with Gasteiger partial charge in [-0.05, 0) is 30.6 Å². The maximum absolute atomic E-state index is 2.34. The molecule has 2 saturated carbocycles. The molecule has 0 aromatic rings. The molecular weight excluding hydrogens is 156 g/mol. The molecule has 0 aromatic carbocycles. The molecule has 0 spiro atoms. The molecule has 2 aliphatic rings. The minimum atomic E-state index is 1.05. The second-order valence-electron chi connectivity index (χ2n) is 5.06. The van der Waals surface area contributed by atoms with Gasteiger partial charge in [-0.3, -0.25) is 0 Å². The molecule has 0 bridgehead atoms. The van der Waals surface area contributed by atoms with Crippen LogP contribution in [0.4, 0.5) is 0 Å². The van der Waals surface area contributed by atoms with Gasteiger partial charge >= 0.3 is 0 Å². The summed E-state index contributed by atoms with van der Waals surface area (Å²) >= 11 is 0. The summed E-state index contributed by atoms with van der Waals surface area (Å²) in [6, 6.07) is 0. The van der Waals surface area contributed by atoms with Crippen molar-refractivity contribution in [2.45, 2.75) is 65.7 Å². The van der Waals surface area contributed by atoms with Crippen LogP contribution in [0.5, 0.6) is 0 Å². The molecule has 2 fully saturated rings. The fourth-order valence-corrected chi connectivity index (χ4v) is 2.30. The van der Waals surface area contributed by atoms with E-state index in [1.165, 1.54) is 44.9 Å². The minimum absolute atomic E-state index is 1.05. The van der Waals surface area contributed by atoms with Crippen molar-refractivity contribution in [3.8, 4) is 0 Å². The van der Waals surface area contributed by atoms with Gasteiger partial charge in [0.15, 0.2) is 0 Å². The van der Waals surface area contributed by atoms with Crippen LogP contribution in [-0.2, 0) is 0 Å². The Balaban J connectivity index is 0.000000132. The predicted molar refractivity (Wildman–Crippen MR) is 59.8 cm³/mol. The molecule has 0 unspecified atom stereocenters. The molecule has 0 amide bonds. The van der Waals surface area contributed by atoms with E-state index in [0.717, 1.165) is 17.8 Å². The van der Waals surface area contributed by atoms with E-state index in [0.29, 0.717) is 0 Å². The molecule has 0 atom stereocenters. The van der Waals surface area contributed by atoms with Gasteiger partial charge in [-0.1, -0.05) is 52.9 Å². The zero-order valence-electron chi connectivity index (χ0n) is 9.68. The van der Waals surface area contributed by atoms with Crippen LogP contribution in [0.1, 0.15) is 65.7 Å². The summed E-state index contributed by atoms with van der Waals surface area (Å²) < 4.78 is 0. The van der Waals surface area contributed by atoms with E-state index in [2.05, 4.69) is 20.8 Å². The number of hydrogen-bond donors (Lipinski definition) is 0. The molecule has 0 radical (unpaired) electrons. The average molecular weight is 182 g/mol. The Labute approximate surface area is 84.1 Å². The maximum Gasteiger partial charge on any atom is -0.0412 e. The van der Waals surface area contributed by atoms with Gasteiger partial charge < -0.3 is 0 Å². The van der Waals surface area contributed by atoms with Gasteiger partial charge in [-0.2, -0.15) is 0 Å². The highest BCUT2D eigenvalue weighted by Crippen LogP contribution is 2.34.